The highest BCUT2D eigenvalue weighted by molar-refractivity contribution is 5.87. The molecule has 26 heavy (non-hydrogen) atoms. The summed E-state index contributed by atoms with van der Waals surface area (Å²) in [5.74, 6) is 1.71. The average Bonchev–Trinajstić information content (AvgIpc) is 2.65. The first-order chi connectivity index (χ1) is 12.6. The molecule has 0 aliphatic carbocycles. The molecule has 7 nitrogen and oxygen atoms in total. The van der Waals surface area contributed by atoms with Crippen LogP contribution in [0.1, 0.15) is 11.1 Å². The Bertz CT molecular complexity index is 789. The number of nitrogens with one attached hydrogen (secondary N) is 1. The van der Waals surface area contributed by atoms with E-state index in [1.165, 1.54) is 20.4 Å². The molecule has 0 aromatic heterocycles. The minimum atomic E-state index is -0.373. The van der Waals surface area contributed by atoms with E-state index in [-0.39, 0.29) is 12.5 Å². The molecule has 0 bridgehead atoms. The molecule has 2 aromatic carbocycles. The van der Waals surface area contributed by atoms with Crippen molar-refractivity contribution in [3.63, 3.8) is 0 Å². The van der Waals surface area contributed by atoms with E-state index in [4.69, 9.17) is 18.9 Å². The van der Waals surface area contributed by atoms with E-state index in [2.05, 4.69) is 10.5 Å². The molecule has 1 N–H and O–H groups in total. The van der Waals surface area contributed by atoms with Crippen molar-refractivity contribution >= 4 is 12.1 Å². The number of hydrazone groups is 1. The van der Waals surface area contributed by atoms with Crippen molar-refractivity contribution < 1.29 is 23.7 Å². The molecule has 2 aromatic rings. The molecule has 0 aliphatic heterocycles. The maximum Gasteiger partial charge on any atom is 0.277 e. The Morgan fingerprint density at radius 1 is 1.08 bits per heavy atom. The Morgan fingerprint density at radius 3 is 2.50 bits per heavy atom. The van der Waals surface area contributed by atoms with Crippen LogP contribution in [0.2, 0.25) is 0 Å². The largest absolute Gasteiger partial charge is 0.493 e. The summed E-state index contributed by atoms with van der Waals surface area (Å²) in [6.45, 7) is 1.82. The van der Waals surface area contributed by atoms with Gasteiger partial charge in [-0.2, -0.15) is 5.10 Å². The first kappa shape index (κ1) is 19.1. The van der Waals surface area contributed by atoms with Gasteiger partial charge in [-0.05, 0) is 36.8 Å². The number of methoxy groups -OCH3 is 3. The van der Waals surface area contributed by atoms with Crippen molar-refractivity contribution in [2.75, 3.05) is 27.9 Å². The second-order valence-electron chi connectivity index (χ2n) is 5.32. The molecule has 7 heteroatoms. The summed E-state index contributed by atoms with van der Waals surface area (Å²) in [6.07, 6.45) is 1.46. The molecule has 0 aliphatic rings. The minimum Gasteiger partial charge on any atom is -0.493 e. The SMILES string of the molecule is COc1ccc(/C=N/NC(=O)COc2cccc(C)c2)c(OC)c1OC. The highest BCUT2D eigenvalue weighted by atomic mass is 16.5. The summed E-state index contributed by atoms with van der Waals surface area (Å²) < 4.78 is 21.3. The summed E-state index contributed by atoms with van der Waals surface area (Å²) in [4.78, 5) is 11.8. The van der Waals surface area contributed by atoms with Crippen LogP contribution in [-0.2, 0) is 4.79 Å². The van der Waals surface area contributed by atoms with Crippen molar-refractivity contribution in [3.05, 3.63) is 47.5 Å². The summed E-state index contributed by atoms with van der Waals surface area (Å²) in [5, 5.41) is 3.93. The summed E-state index contributed by atoms with van der Waals surface area (Å²) in [6, 6.07) is 10.9. The number of carbonyl (C=O) groups is 1. The second-order valence-corrected chi connectivity index (χ2v) is 5.32. The highest BCUT2D eigenvalue weighted by Gasteiger charge is 2.14. The van der Waals surface area contributed by atoms with Gasteiger partial charge in [0.05, 0.1) is 27.5 Å². The molecule has 1 amide bonds. The third kappa shape index (κ3) is 4.89. The minimum absolute atomic E-state index is 0.135. The number of hydrogen-bond donors (Lipinski definition) is 1. The molecule has 0 atom stereocenters. The number of carbonyl (C=O) groups excluding carboxylic acids is 1. The van der Waals surface area contributed by atoms with Crippen LogP contribution in [0, 0.1) is 6.92 Å². The van der Waals surface area contributed by atoms with Gasteiger partial charge in [-0.1, -0.05) is 12.1 Å². The fourth-order valence-electron chi connectivity index (χ4n) is 2.29. The summed E-state index contributed by atoms with van der Waals surface area (Å²) in [5.41, 5.74) is 4.10. The predicted molar refractivity (Wildman–Crippen MR) is 98.5 cm³/mol. The van der Waals surface area contributed by atoms with E-state index in [0.717, 1.165) is 5.56 Å². The van der Waals surface area contributed by atoms with E-state index in [1.54, 1.807) is 25.3 Å². The van der Waals surface area contributed by atoms with Gasteiger partial charge in [0, 0.05) is 5.56 Å². The van der Waals surface area contributed by atoms with Crippen LogP contribution in [0.3, 0.4) is 0 Å². The zero-order valence-corrected chi connectivity index (χ0v) is 15.2. The number of nitrogens with zero attached hydrogens (tertiary/aromatic N) is 1. The summed E-state index contributed by atoms with van der Waals surface area (Å²) >= 11 is 0. The standard InChI is InChI=1S/C19H22N2O5/c1-13-6-5-7-15(10-13)26-12-17(22)21-20-11-14-8-9-16(23-2)19(25-4)18(14)24-3/h5-11H,12H2,1-4H3,(H,21,22)/b20-11+. The van der Waals surface area contributed by atoms with Crippen LogP contribution in [-0.4, -0.2) is 40.1 Å². The monoisotopic (exact) mass is 358 g/mol. The highest BCUT2D eigenvalue weighted by Crippen LogP contribution is 2.38. The molecule has 0 fully saturated rings. The zero-order valence-electron chi connectivity index (χ0n) is 15.2. The average molecular weight is 358 g/mol. The molecule has 2 rings (SSSR count). The van der Waals surface area contributed by atoms with Gasteiger partial charge < -0.3 is 18.9 Å². The van der Waals surface area contributed by atoms with Gasteiger partial charge >= 0.3 is 0 Å². The van der Waals surface area contributed by atoms with Gasteiger partial charge in [0.25, 0.3) is 5.91 Å². The van der Waals surface area contributed by atoms with E-state index in [9.17, 15) is 4.79 Å². The van der Waals surface area contributed by atoms with Gasteiger partial charge in [0.15, 0.2) is 18.1 Å². The lowest BCUT2D eigenvalue weighted by Gasteiger charge is -2.13. The van der Waals surface area contributed by atoms with Gasteiger partial charge in [0.2, 0.25) is 5.75 Å². The van der Waals surface area contributed by atoms with Gasteiger partial charge in [-0.15, -0.1) is 0 Å². The van der Waals surface area contributed by atoms with Crippen LogP contribution in [0.25, 0.3) is 0 Å². The predicted octanol–water partition coefficient (Wildman–Crippen LogP) is 2.55. The molecule has 0 heterocycles. The van der Waals surface area contributed by atoms with Crippen LogP contribution in [0.5, 0.6) is 23.0 Å². The fraction of sp³-hybridized carbons (Fsp3) is 0.263. The number of hydrogen-bond acceptors (Lipinski definition) is 6. The first-order valence-electron chi connectivity index (χ1n) is 7.89. The van der Waals surface area contributed by atoms with Crippen LogP contribution < -0.4 is 24.4 Å². The second kappa shape index (κ2) is 9.31. The van der Waals surface area contributed by atoms with Crippen molar-refractivity contribution in [3.8, 4) is 23.0 Å². The molecule has 0 spiro atoms. The fourth-order valence-corrected chi connectivity index (χ4v) is 2.29. The first-order valence-corrected chi connectivity index (χ1v) is 7.89. The molecule has 0 unspecified atom stereocenters. The number of ether oxygens (including phenoxy) is 4. The Morgan fingerprint density at radius 2 is 1.85 bits per heavy atom. The van der Waals surface area contributed by atoms with Gasteiger partial charge in [0.1, 0.15) is 5.75 Å². The van der Waals surface area contributed by atoms with E-state index < -0.39 is 0 Å². The van der Waals surface area contributed by atoms with Crippen molar-refractivity contribution in [2.45, 2.75) is 6.92 Å². The molecule has 0 radical (unpaired) electrons. The maximum atomic E-state index is 11.8. The quantitative estimate of drug-likeness (QED) is 0.580. The molecular formula is C19H22N2O5. The lowest BCUT2D eigenvalue weighted by molar-refractivity contribution is -0.123. The third-order valence-electron chi connectivity index (χ3n) is 3.49. The number of amides is 1. The molecule has 0 saturated carbocycles. The van der Waals surface area contributed by atoms with Crippen LogP contribution in [0.15, 0.2) is 41.5 Å². The Labute approximate surface area is 152 Å². The van der Waals surface area contributed by atoms with Crippen LogP contribution >= 0.6 is 0 Å². The van der Waals surface area contributed by atoms with Gasteiger partial charge in [-0.25, -0.2) is 5.43 Å². The van der Waals surface area contributed by atoms with Crippen LogP contribution in [0.4, 0.5) is 0 Å². The Kier molecular flexibility index (Phi) is 6.84. The molecule has 0 saturated heterocycles. The van der Waals surface area contributed by atoms with E-state index in [0.29, 0.717) is 28.6 Å². The number of rotatable bonds is 8. The van der Waals surface area contributed by atoms with Gasteiger partial charge in [-0.3, -0.25) is 4.79 Å². The molecule has 138 valence electrons. The number of aryl methyl sites for hydroxylation is 1. The number of benzene rings is 2. The lowest BCUT2D eigenvalue weighted by Crippen LogP contribution is -2.24. The smallest absolute Gasteiger partial charge is 0.277 e. The van der Waals surface area contributed by atoms with E-state index in [1.807, 2.05) is 25.1 Å². The van der Waals surface area contributed by atoms with Crippen molar-refractivity contribution in [1.29, 1.82) is 0 Å². The van der Waals surface area contributed by atoms with Crippen molar-refractivity contribution in [1.82, 2.24) is 5.43 Å². The topological polar surface area (TPSA) is 78.4 Å². The Hall–Kier alpha value is -3.22. The third-order valence-corrected chi connectivity index (χ3v) is 3.49. The zero-order chi connectivity index (χ0) is 18.9. The van der Waals surface area contributed by atoms with E-state index >= 15 is 0 Å². The van der Waals surface area contributed by atoms with Crippen molar-refractivity contribution in [2.24, 2.45) is 5.10 Å². The summed E-state index contributed by atoms with van der Waals surface area (Å²) in [7, 11) is 4.58. The Balaban J connectivity index is 1.98. The maximum absolute atomic E-state index is 11.8. The lowest BCUT2D eigenvalue weighted by atomic mass is 10.2. The normalized spacial score (nSPS) is 10.5. The molecular weight excluding hydrogens is 336 g/mol.